The lowest BCUT2D eigenvalue weighted by Crippen LogP contribution is -2.58. The number of carbonyl (C=O) groups is 5. The van der Waals surface area contributed by atoms with E-state index in [0.29, 0.717) is 11.3 Å². The number of amides is 4. The Kier molecular flexibility index (Phi) is 10.4. The molecular formula is C30H34N8O6. The number of nitrogens with two attached hydrogens (primary N) is 2. The number of imidazole rings is 1. The number of carboxylic acids is 1. The second-order valence-electron chi connectivity index (χ2n) is 10.3. The minimum atomic E-state index is -1.60. The second kappa shape index (κ2) is 14.6. The van der Waals surface area contributed by atoms with E-state index in [2.05, 4.69) is 30.9 Å². The van der Waals surface area contributed by atoms with Gasteiger partial charge in [0.2, 0.25) is 23.6 Å². The Morgan fingerprint density at radius 3 is 2.09 bits per heavy atom. The molecule has 230 valence electrons. The summed E-state index contributed by atoms with van der Waals surface area (Å²) in [7, 11) is 0. The summed E-state index contributed by atoms with van der Waals surface area (Å²) in [6.45, 7) is 0. The first-order valence-corrected chi connectivity index (χ1v) is 13.8. The van der Waals surface area contributed by atoms with Gasteiger partial charge >= 0.3 is 5.97 Å². The molecule has 4 aromatic rings. The second-order valence-corrected chi connectivity index (χ2v) is 10.3. The van der Waals surface area contributed by atoms with Gasteiger partial charge < -0.3 is 42.5 Å². The van der Waals surface area contributed by atoms with Crippen LogP contribution in [0.3, 0.4) is 0 Å². The van der Waals surface area contributed by atoms with E-state index in [9.17, 15) is 29.1 Å². The van der Waals surface area contributed by atoms with Crippen LogP contribution in [0.5, 0.6) is 0 Å². The van der Waals surface area contributed by atoms with Crippen LogP contribution in [0.15, 0.2) is 73.3 Å². The minimum Gasteiger partial charge on any atom is -0.480 e. The molecule has 10 N–H and O–H groups in total. The number of rotatable bonds is 15. The first-order chi connectivity index (χ1) is 21.1. The van der Waals surface area contributed by atoms with Crippen LogP contribution in [0.2, 0.25) is 0 Å². The molecule has 0 aliphatic carbocycles. The maximum Gasteiger partial charge on any atom is 0.326 e. The van der Waals surface area contributed by atoms with E-state index >= 15 is 0 Å². The Hall–Kier alpha value is -5.50. The van der Waals surface area contributed by atoms with Gasteiger partial charge in [0, 0.05) is 41.8 Å². The quantitative estimate of drug-likeness (QED) is 0.0893. The molecule has 0 spiro atoms. The van der Waals surface area contributed by atoms with Crippen molar-refractivity contribution in [3.8, 4) is 0 Å². The Bertz CT molecular complexity index is 1600. The van der Waals surface area contributed by atoms with Gasteiger partial charge in [-0.15, -0.1) is 0 Å². The number of carboxylic acid groups (broad SMARTS) is 1. The maximum absolute atomic E-state index is 13.6. The standard InChI is InChI=1S/C30H34N8O6/c31-21(11-18-14-34-22-9-5-4-8-20(18)22)27(40)36-24(12-19-15-33-16-35-19)29(42)37-23(10-17-6-2-1-3-7-17)28(41)38-25(30(43)44)13-26(32)39/h1-9,14-16,21,23-25,34H,10-13,31H2,(H2,32,39)(H,33,35)(H,36,40)(H,37,42)(H,38,41)(H,43,44). The van der Waals surface area contributed by atoms with Crippen molar-refractivity contribution in [1.82, 2.24) is 30.9 Å². The van der Waals surface area contributed by atoms with Gasteiger partial charge in [0.05, 0.1) is 18.8 Å². The molecule has 44 heavy (non-hydrogen) atoms. The molecule has 2 aromatic heterocycles. The molecule has 0 radical (unpaired) electrons. The van der Waals surface area contributed by atoms with Gasteiger partial charge in [-0.1, -0.05) is 48.5 Å². The maximum atomic E-state index is 13.6. The Balaban J connectivity index is 1.52. The third-order valence-corrected chi connectivity index (χ3v) is 7.00. The molecule has 4 unspecified atom stereocenters. The number of nitrogens with one attached hydrogen (secondary N) is 5. The van der Waals surface area contributed by atoms with Crippen molar-refractivity contribution >= 4 is 40.5 Å². The number of para-hydroxylation sites is 1. The van der Waals surface area contributed by atoms with E-state index in [1.807, 2.05) is 24.3 Å². The van der Waals surface area contributed by atoms with E-state index in [1.165, 1.54) is 12.5 Å². The van der Waals surface area contributed by atoms with Gasteiger partial charge in [0.1, 0.15) is 18.1 Å². The smallest absolute Gasteiger partial charge is 0.326 e. The number of H-pyrrole nitrogens is 2. The summed E-state index contributed by atoms with van der Waals surface area (Å²) in [5.74, 6) is -4.54. The van der Waals surface area contributed by atoms with Crippen LogP contribution in [0, 0.1) is 0 Å². The van der Waals surface area contributed by atoms with Crippen molar-refractivity contribution in [1.29, 1.82) is 0 Å². The number of nitrogens with zero attached hydrogens (tertiary/aromatic N) is 1. The SMILES string of the molecule is NC(=O)CC(NC(=O)C(Cc1ccccc1)NC(=O)C(Cc1cnc[nH]1)NC(=O)C(N)Cc1c[nH]c2ccccc12)C(=O)O. The Morgan fingerprint density at radius 1 is 0.795 bits per heavy atom. The summed E-state index contributed by atoms with van der Waals surface area (Å²) in [4.78, 5) is 73.2. The average Bonchev–Trinajstić information content (AvgIpc) is 3.66. The Morgan fingerprint density at radius 2 is 1.43 bits per heavy atom. The lowest BCUT2D eigenvalue weighted by Gasteiger charge is -2.25. The molecule has 14 nitrogen and oxygen atoms in total. The molecule has 0 aliphatic rings. The van der Waals surface area contributed by atoms with Crippen molar-refractivity contribution < 1.29 is 29.1 Å². The van der Waals surface area contributed by atoms with Gasteiger partial charge in [-0.2, -0.15) is 0 Å². The average molecular weight is 603 g/mol. The van der Waals surface area contributed by atoms with Crippen molar-refractivity contribution in [3.63, 3.8) is 0 Å². The number of benzene rings is 2. The molecule has 2 heterocycles. The fraction of sp³-hybridized carbons (Fsp3) is 0.267. The van der Waals surface area contributed by atoms with E-state index in [4.69, 9.17) is 11.5 Å². The van der Waals surface area contributed by atoms with Crippen LogP contribution in [0.25, 0.3) is 10.9 Å². The largest absolute Gasteiger partial charge is 0.480 e. The molecule has 0 bridgehead atoms. The van der Waals surface area contributed by atoms with Crippen LogP contribution in [-0.4, -0.2) is 73.8 Å². The summed E-state index contributed by atoms with van der Waals surface area (Å²) in [6, 6.07) is 11.3. The fourth-order valence-electron chi connectivity index (χ4n) is 4.74. The fourth-order valence-corrected chi connectivity index (χ4v) is 4.74. The van der Waals surface area contributed by atoms with Gasteiger partial charge in [0.25, 0.3) is 0 Å². The molecule has 4 rings (SSSR count). The van der Waals surface area contributed by atoms with Crippen molar-refractivity contribution in [2.75, 3.05) is 0 Å². The van der Waals surface area contributed by atoms with Crippen molar-refractivity contribution in [3.05, 3.63) is 90.1 Å². The van der Waals surface area contributed by atoms with Gasteiger partial charge in [-0.05, 0) is 23.6 Å². The molecular weight excluding hydrogens is 568 g/mol. The third kappa shape index (κ3) is 8.51. The van der Waals surface area contributed by atoms with Crippen LogP contribution in [0.4, 0.5) is 0 Å². The first kappa shape index (κ1) is 31.4. The summed E-state index contributed by atoms with van der Waals surface area (Å²) < 4.78 is 0. The van der Waals surface area contributed by atoms with Crippen LogP contribution >= 0.6 is 0 Å². The normalized spacial score (nSPS) is 13.8. The predicted molar refractivity (Wildman–Crippen MR) is 160 cm³/mol. The molecule has 0 aliphatic heterocycles. The van der Waals surface area contributed by atoms with E-state index in [1.54, 1.807) is 36.5 Å². The predicted octanol–water partition coefficient (Wildman–Crippen LogP) is -0.339. The molecule has 0 saturated heterocycles. The molecule has 2 aromatic carbocycles. The van der Waals surface area contributed by atoms with Crippen LogP contribution in [0.1, 0.15) is 23.2 Å². The lowest BCUT2D eigenvalue weighted by molar-refractivity contribution is -0.143. The summed E-state index contributed by atoms with van der Waals surface area (Å²) >= 11 is 0. The number of hydrogen-bond acceptors (Lipinski definition) is 7. The Labute approximate surface area is 252 Å². The van der Waals surface area contributed by atoms with Gasteiger partial charge in [-0.25, -0.2) is 9.78 Å². The number of aromatic nitrogens is 3. The molecule has 4 atom stereocenters. The summed E-state index contributed by atoms with van der Waals surface area (Å²) in [5, 5.41) is 18.0. The third-order valence-electron chi connectivity index (χ3n) is 7.00. The molecule has 0 fully saturated rings. The number of carbonyl (C=O) groups excluding carboxylic acids is 4. The highest BCUT2D eigenvalue weighted by atomic mass is 16.4. The van der Waals surface area contributed by atoms with Crippen LogP contribution < -0.4 is 27.4 Å². The van der Waals surface area contributed by atoms with Gasteiger partial charge in [0.15, 0.2) is 0 Å². The number of aromatic amines is 2. The van der Waals surface area contributed by atoms with Gasteiger partial charge in [-0.3, -0.25) is 19.2 Å². The zero-order valence-electron chi connectivity index (χ0n) is 23.7. The number of primary amides is 1. The molecule has 14 heteroatoms. The van der Waals surface area contributed by atoms with Crippen molar-refractivity contribution in [2.24, 2.45) is 11.5 Å². The number of aliphatic carboxylic acids is 1. The lowest BCUT2D eigenvalue weighted by atomic mass is 10.0. The minimum absolute atomic E-state index is 0.00349. The molecule has 0 saturated carbocycles. The van der Waals surface area contributed by atoms with Crippen LogP contribution in [-0.2, 0) is 43.2 Å². The number of hydrogen-bond donors (Lipinski definition) is 8. The summed E-state index contributed by atoms with van der Waals surface area (Å²) in [6.07, 6.45) is 4.24. The highest BCUT2D eigenvalue weighted by Crippen LogP contribution is 2.19. The zero-order chi connectivity index (χ0) is 31.6. The first-order valence-electron chi connectivity index (χ1n) is 13.8. The van der Waals surface area contributed by atoms with E-state index in [-0.39, 0.29) is 19.3 Å². The van der Waals surface area contributed by atoms with Crippen molar-refractivity contribution in [2.45, 2.75) is 49.9 Å². The van der Waals surface area contributed by atoms with E-state index in [0.717, 1.165) is 16.5 Å². The highest BCUT2D eigenvalue weighted by Gasteiger charge is 2.31. The number of fused-ring (bicyclic) bond motifs is 1. The summed E-state index contributed by atoms with van der Waals surface area (Å²) in [5.41, 5.74) is 14.3. The zero-order valence-corrected chi connectivity index (χ0v) is 23.7. The molecule has 4 amide bonds. The monoisotopic (exact) mass is 602 g/mol. The highest BCUT2D eigenvalue weighted by molar-refractivity contribution is 5.95. The topological polar surface area (TPSA) is 238 Å². The van der Waals surface area contributed by atoms with E-state index < -0.39 is 60.2 Å².